The summed E-state index contributed by atoms with van der Waals surface area (Å²) in [5.41, 5.74) is 3.98. The van der Waals surface area contributed by atoms with Crippen LogP contribution in [0.15, 0.2) is 91.0 Å². The molecule has 2 fully saturated rings. The van der Waals surface area contributed by atoms with Crippen molar-refractivity contribution in [2.75, 3.05) is 19.6 Å². The van der Waals surface area contributed by atoms with Gasteiger partial charge in [-0.25, -0.2) is 9.59 Å². The number of nitrogens with one attached hydrogen (secondary N) is 1. The summed E-state index contributed by atoms with van der Waals surface area (Å²) in [6, 6.07) is 27.1. The number of aliphatic hydroxyl groups is 2. The Balaban J connectivity index is 1.01. The van der Waals surface area contributed by atoms with Crippen molar-refractivity contribution in [2.24, 2.45) is 0 Å². The van der Waals surface area contributed by atoms with Crippen LogP contribution in [0.2, 0.25) is 5.02 Å². The maximum atomic E-state index is 12.8. The van der Waals surface area contributed by atoms with Gasteiger partial charge in [-0.3, -0.25) is 4.79 Å². The first-order valence-electron chi connectivity index (χ1n) is 16.7. The van der Waals surface area contributed by atoms with Crippen molar-refractivity contribution in [2.45, 2.75) is 56.5 Å². The van der Waals surface area contributed by atoms with Crippen LogP contribution in [-0.4, -0.2) is 58.7 Å². The maximum Gasteiger partial charge on any atom is 0.346 e. The number of piperidine rings is 1. The van der Waals surface area contributed by atoms with E-state index < -0.39 is 23.8 Å². The average molecular weight is 697 g/mol. The Kier molecular flexibility index (Phi) is 9.83. The number of fused-ring (bicyclic) bond motifs is 1. The van der Waals surface area contributed by atoms with Gasteiger partial charge in [0.15, 0.2) is 6.29 Å². The highest BCUT2D eigenvalue weighted by Crippen LogP contribution is 2.39. The predicted molar refractivity (Wildman–Crippen MR) is 183 cm³/mol. The van der Waals surface area contributed by atoms with Crippen LogP contribution in [0.3, 0.4) is 0 Å². The van der Waals surface area contributed by atoms with Crippen LogP contribution in [-0.2, 0) is 33.0 Å². The van der Waals surface area contributed by atoms with Crippen molar-refractivity contribution < 1.29 is 38.8 Å². The summed E-state index contributed by atoms with van der Waals surface area (Å²) in [7, 11) is 0. The largest absolute Gasteiger partial charge is 0.392 e. The highest BCUT2D eigenvalue weighted by Gasteiger charge is 2.37. The lowest BCUT2D eigenvalue weighted by molar-refractivity contribution is -0.253. The molecule has 4 aromatic rings. The molecule has 0 spiro atoms. The first-order valence-corrected chi connectivity index (χ1v) is 17.0. The molecule has 3 atom stereocenters. The van der Waals surface area contributed by atoms with Gasteiger partial charge in [0.25, 0.3) is 5.91 Å². The number of benzene rings is 4. The van der Waals surface area contributed by atoms with Crippen molar-refractivity contribution in [1.82, 2.24) is 10.2 Å². The molecule has 10 nitrogen and oxygen atoms in total. The molecular formula is C39H37ClN2O8. The Labute approximate surface area is 294 Å². The van der Waals surface area contributed by atoms with E-state index in [2.05, 4.69) is 15.0 Å². The first-order chi connectivity index (χ1) is 24.2. The lowest BCUT2D eigenvalue weighted by Gasteiger charge is -2.42. The number of carbonyl (C=O) groups excluding carboxylic acids is 3. The summed E-state index contributed by atoms with van der Waals surface area (Å²) in [6.07, 6.45) is 0.835. The first kappa shape index (κ1) is 34.0. The second-order valence-electron chi connectivity index (χ2n) is 13.1. The van der Waals surface area contributed by atoms with Gasteiger partial charge >= 0.3 is 11.9 Å². The van der Waals surface area contributed by atoms with E-state index in [0.29, 0.717) is 43.9 Å². The third-order valence-electron chi connectivity index (χ3n) is 9.75. The highest BCUT2D eigenvalue weighted by atomic mass is 35.5. The molecule has 7 rings (SSSR count). The third-order valence-corrected chi connectivity index (χ3v) is 10.0. The van der Waals surface area contributed by atoms with Crippen LogP contribution in [0.5, 0.6) is 0 Å². The number of hydrogen-bond donors (Lipinski definition) is 3. The fraction of sp³-hybridized carbons (Fsp3) is 0.308. The fourth-order valence-corrected chi connectivity index (χ4v) is 6.90. The molecular weight excluding hydrogens is 660 g/mol. The molecule has 0 saturated carbocycles. The molecule has 0 aromatic heterocycles. The minimum atomic E-state index is -0.895. The number of aliphatic hydroxyl groups excluding tert-OH is 1. The van der Waals surface area contributed by atoms with E-state index in [4.69, 9.17) is 21.1 Å². The SMILES string of the molecule is O=C(NCc1ccc(C2O[C@H](CN3CCC(O)(c4ccc(Cl)cc4)CC3)C[C@H](c3ccc(CO)cc3)O2)cc1)c1ccc2c(c1)C(=O)OC2=O. The van der Waals surface area contributed by atoms with Crippen molar-refractivity contribution in [3.05, 3.63) is 141 Å². The zero-order valence-corrected chi connectivity index (χ0v) is 28.0. The third kappa shape index (κ3) is 7.36. The minimum Gasteiger partial charge on any atom is -0.392 e. The summed E-state index contributed by atoms with van der Waals surface area (Å²) >= 11 is 6.07. The topological polar surface area (TPSA) is 135 Å². The van der Waals surface area contributed by atoms with Crippen molar-refractivity contribution in [3.8, 4) is 0 Å². The van der Waals surface area contributed by atoms with Gasteiger partial charge < -0.3 is 34.6 Å². The minimum absolute atomic E-state index is 0.0345. The second kappa shape index (κ2) is 14.4. The lowest BCUT2D eigenvalue weighted by atomic mass is 9.84. The van der Waals surface area contributed by atoms with E-state index in [0.717, 1.165) is 27.8 Å². The van der Waals surface area contributed by atoms with Crippen LogP contribution in [0.1, 0.15) is 90.5 Å². The fourth-order valence-electron chi connectivity index (χ4n) is 6.78. The van der Waals surface area contributed by atoms with Crippen molar-refractivity contribution >= 4 is 29.4 Å². The van der Waals surface area contributed by atoms with Gasteiger partial charge in [0, 0.05) is 48.7 Å². The van der Waals surface area contributed by atoms with Gasteiger partial charge in [-0.15, -0.1) is 0 Å². The molecule has 0 aliphatic carbocycles. The molecule has 258 valence electrons. The monoisotopic (exact) mass is 696 g/mol. The predicted octanol–water partition coefficient (Wildman–Crippen LogP) is 5.60. The zero-order chi connectivity index (χ0) is 34.8. The molecule has 4 aromatic carbocycles. The number of amides is 1. The molecule has 3 aliphatic heterocycles. The zero-order valence-electron chi connectivity index (χ0n) is 27.2. The standard InChI is InChI=1S/C39H37ClN2O8/c40-30-12-10-29(11-13-30)39(47)15-17-42(18-16-39)22-31-20-34(26-5-3-25(23-43)4-6-26)49-38(48-31)27-7-1-24(2-8-27)21-41-35(44)28-9-14-32-33(19-28)37(46)50-36(32)45/h1-14,19,31,34,38,43,47H,15-18,20-23H2,(H,41,44)/t31-,34+,38?/m0/s1. The molecule has 3 aliphatic rings. The van der Waals surface area contributed by atoms with E-state index in [1.165, 1.54) is 18.2 Å². The van der Waals surface area contributed by atoms with Gasteiger partial charge in [0.05, 0.1) is 35.5 Å². The summed E-state index contributed by atoms with van der Waals surface area (Å²) in [4.78, 5) is 38.8. The molecule has 2 saturated heterocycles. The van der Waals surface area contributed by atoms with Crippen LogP contribution >= 0.6 is 11.6 Å². The Morgan fingerprint density at radius 1 is 0.840 bits per heavy atom. The molecule has 3 heterocycles. The smallest absolute Gasteiger partial charge is 0.346 e. The number of carbonyl (C=O) groups is 3. The molecule has 1 unspecified atom stereocenters. The van der Waals surface area contributed by atoms with Gasteiger partial charge in [-0.2, -0.15) is 0 Å². The second-order valence-corrected chi connectivity index (χ2v) is 13.5. The Bertz CT molecular complexity index is 1870. The Morgan fingerprint density at radius 3 is 2.20 bits per heavy atom. The van der Waals surface area contributed by atoms with Crippen molar-refractivity contribution in [1.29, 1.82) is 0 Å². The van der Waals surface area contributed by atoms with Crippen LogP contribution in [0, 0.1) is 0 Å². The van der Waals surface area contributed by atoms with Gasteiger partial charge in [0.1, 0.15) is 0 Å². The molecule has 11 heteroatoms. The lowest BCUT2D eigenvalue weighted by Crippen LogP contribution is -2.46. The van der Waals surface area contributed by atoms with Crippen LogP contribution in [0.4, 0.5) is 0 Å². The number of halogens is 1. The molecule has 50 heavy (non-hydrogen) atoms. The summed E-state index contributed by atoms with van der Waals surface area (Å²) in [5, 5.41) is 24.4. The van der Waals surface area contributed by atoms with Gasteiger partial charge in [-0.05, 0) is 65.4 Å². The number of esters is 2. The molecule has 0 bridgehead atoms. The quantitative estimate of drug-likeness (QED) is 0.151. The van der Waals surface area contributed by atoms with E-state index >= 15 is 0 Å². The van der Waals surface area contributed by atoms with Gasteiger partial charge in [0.2, 0.25) is 0 Å². The van der Waals surface area contributed by atoms with E-state index in [1.807, 2.05) is 72.8 Å². The van der Waals surface area contributed by atoms with Crippen LogP contribution in [0.25, 0.3) is 0 Å². The van der Waals surface area contributed by atoms with Crippen LogP contribution < -0.4 is 5.32 Å². The number of nitrogens with zero attached hydrogens (tertiary/aromatic N) is 1. The summed E-state index contributed by atoms with van der Waals surface area (Å²) in [5.74, 6) is -1.86. The Morgan fingerprint density at radius 2 is 1.50 bits per heavy atom. The maximum absolute atomic E-state index is 12.8. The number of likely N-dealkylation sites (tertiary alicyclic amines) is 1. The van der Waals surface area contributed by atoms with E-state index in [9.17, 15) is 24.6 Å². The van der Waals surface area contributed by atoms with Crippen molar-refractivity contribution in [3.63, 3.8) is 0 Å². The normalized spacial score (nSPS) is 21.8. The van der Waals surface area contributed by atoms with Gasteiger partial charge in [-0.1, -0.05) is 72.3 Å². The van der Waals surface area contributed by atoms with E-state index in [1.54, 1.807) is 0 Å². The molecule has 3 N–H and O–H groups in total. The average Bonchev–Trinajstić information content (AvgIpc) is 3.43. The highest BCUT2D eigenvalue weighted by molar-refractivity contribution is 6.30. The number of ether oxygens (including phenoxy) is 3. The number of hydrogen-bond acceptors (Lipinski definition) is 9. The Hall–Kier alpha value is -4.42. The van der Waals surface area contributed by atoms with E-state index in [-0.39, 0.29) is 48.0 Å². The molecule has 0 radical (unpaired) electrons. The summed E-state index contributed by atoms with van der Waals surface area (Å²) < 4.78 is 17.7. The summed E-state index contributed by atoms with van der Waals surface area (Å²) in [6.45, 7) is 2.32. The molecule has 1 amide bonds. The number of rotatable bonds is 9. The number of cyclic esters (lactones) is 2.